The Labute approximate surface area is 66.3 Å². The molecule has 1 aliphatic rings. The molecule has 1 rings (SSSR count). The summed E-state index contributed by atoms with van der Waals surface area (Å²) < 4.78 is 12.6. The maximum atomic E-state index is 12.6. The summed E-state index contributed by atoms with van der Waals surface area (Å²) in [7, 11) is 0. The fraction of sp³-hybridized carbons (Fsp3) is 0.333. The smallest absolute Gasteiger partial charge is 0.122 e. The molecule has 0 saturated heterocycles. The third-order valence-electron chi connectivity index (χ3n) is 1.48. The lowest BCUT2D eigenvalue weighted by atomic mass is 10.2. The first kappa shape index (κ1) is 8.21. The summed E-state index contributed by atoms with van der Waals surface area (Å²) in [6.07, 6.45) is 8.38. The Bertz CT molecular complexity index is 204. The van der Waals surface area contributed by atoms with E-state index in [1.165, 1.54) is 12.2 Å². The molecule has 1 aliphatic carbocycles. The Morgan fingerprint density at radius 3 is 3.09 bits per heavy atom. The summed E-state index contributed by atoms with van der Waals surface area (Å²) >= 11 is 0. The topological polar surface area (TPSA) is 12.0 Å². The maximum Gasteiger partial charge on any atom is 0.122 e. The van der Waals surface area contributed by atoms with Crippen LogP contribution in [0.4, 0.5) is 4.39 Å². The summed E-state index contributed by atoms with van der Waals surface area (Å²) in [5, 5.41) is 3.17. The van der Waals surface area contributed by atoms with Gasteiger partial charge in [0.1, 0.15) is 5.83 Å². The van der Waals surface area contributed by atoms with Crippen molar-refractivity contribution in [3.63, 3.8) is 0 Å². The zero-order valence-corrected chi connectivity index (χ0v) is 6.55. The van der Waals surface area contributed by atoms with Crippen LogP contribution in [-0.4, -0.2) is 12.6 Å². The van der Waals surface area contributed by atoms with Crippen LogP contribution in [0.25, 0.3) is 0 Å². The molecule has 0 aliphatic heterocycles. The molecule has 0 aromatic rings. The molecule has 0 radical (unpaired) electrons. The third-order valence-corrected chi connectivity index (χ3v) is 1.48. The first-order valence-corrected chi connectivity index (χ1v) is 3.78. The van der Waals surface area contributed by atoms with E-state index in [-0.39, 0.29) is 11.9 Å². The lowest BCUT2D eigenvalue weighted by Gasteiger charge is -2.05. The van der Waals surface area contributed by atoms with Gasteiger partial charge in [0.25, 0.3) is 0 Å². The molecule has 0 heterocycles. The van der Waals surface area contributed by atoms with Crippen molar-refractivity contribution in [2.75, 3.05) is 6.54 Å². The highest BCUT2D eigenvalue weighted by atomic mass is 19.1. The zero-order valence-electron chi connectivity index (χ0n) is 6.55. The van der Waals surface area contributed by atoms with E-state index in [0.717, 1.165) is 6.54 Å². The monoisotopic (exact) mass is 153 g/mol. The predicted molar refractivity (Wildman–Crippen MR) is 44.9 cm³/mol. The molecule has 0 amide bonds. The molecule has 0 fully saturated rings. The fourth-order valence-electron chi connectivity index (χ4n) is 0.954. The minimum Gasteiger partial charge on any atom is -0.307 e. The van der Waals surface area contributed by atoms with Gasteiger partial charge in [0, 0.05) is 6.04 Å². The van der Waals surface area contributed by atoms with Crippen molar-refractivity contribution in [3.8, 4) is 0 Å². The molecule has 60 valence electrons. The highest BCUT2D eigenvalue weighted by molar-refractivity contribution is 5.25. The van der Waals surface area contributed by atoms with Gasteiger partial charge in [0.2, 0.25) is 0 Å². The van der Waals surface area contributed by atoms with Gasteiger partial charge in [-0.2, -0.15) is 0 Å². The molecule has 0 bridgehead atoms. The second kappa shape index (κ2) is 4.09. The molecular formula is C9H12FN. The van der Waals surface area contributed by atoms with Crippen LogP contribution in [0.1, 0.15) is 6.92 Å². The van der Waals surface area contributed by atoms with Crippen LogP contribution in [0.2, 0.25) is 0 Å². The Morgan fingerprint density at radius 2 is 2.36 bits per heavy atom. The number of nitrogens with one attached hydrogen (secondary N) is 1. The van der Waals surface area contributed by atoms with E-state index in [0.29, 0.717) is 0 Å². The molecule has 11 heavy (non-hydrogen) atoms. The summed E-state index contributed by atoms with van der Waals surface area (Å²) in [6.45, 7) is 2.91. The quantitative estimate of drug-likeness (QED) is 0.639. The highest BCUT2D eigenvalue weighted by Crippen LogP contribution is 2.05. The van der Waals surface area contributed by atoms with E-state index >= 15 is 0 Å². The maximum absolute atomic E-state index is 12.6. The second-order valence-electron chi connectivity index (χ2n) is 2.38. The van der Waals surface area contributed by atoms with Crippen LogP contribution < -0.4 is 5.32 Å². The molecule has 1 unspecified atom stereocenters. The third kappa shape index (κ3) is 2.68. The normalized spacial score (nSPS) is 23.1. The van der Waals surface area contributed by atoms with Gasteiger partial charge in [-0.15, -0.1) is 0 Å². The highest BCUT2D eigenvalue weighted by Gasteiger charge is 1.98. The van der Waals surface area contributed by atoms with Crippen LogP contribution in [0.5, 0.6) is 0 Å². The van der Waals surface area contributed by atoms with Crippen LogP contribution in [0.3, 0.4) is 0 Å². The molecule has 0 spiro atoms. The Kier molecular flexibility index (Phi) is 3.05. The molecule has 1 N–H and O–H groups in total. The molecule has 0 saturated carbocycles. The van der Waals surface area contributed by atoms with E-state index < -0.39 is 0 Å². The van der Waals surface area contributed by atoms with Gasteiger partial charge in [-0.25, -0.2) is 4.39 Å². The average molecular weight is 153 g/mol. The predicted octanol–water partition coefficient (Wildman–Crippen LogP) is 1.94. The number of allylic oxidation sites excluding steroid dienone is 4. The first-order valence-electron chi connectivity index (χ1n) is 3.78. The van der Waals surface area contributed by atoms with Gasteiger partial charge in [-0.3, -0.25) is 0 Å². The lowest BCUT2D eigenvalue weighted by molar-refractivity contribution is 0.663. The van der Waals surface area contributed by atoms with Crippen LogP contribution in [-0.2, 0) is 0 Å². The summed E-state index contributed by atoms with van der Waals surface area (Å²) in [5.74, 6) is -0.193. The first-order chi connectivity index (χ1) is 5.33. The molecule has 1 atom stereocenters. The summed E-state index contributed by atoms with van der Waals surface area (Å²) in [4.78, 5) is 0. The van der Waals surface area contributed by atoms with E-state index in [1.54, 1.807) is 12.2 Å². The second-order valence-corrected chi connectivity index (χ2v) is 2.38. The Balaban J connectivity index is 2.56. The molecule has 2 heteroatoms. The SMILES string of the molecule is CCNC1C=CC=C(F)C=C1. The summed E-state index contributed by atoms with van der Waals surface area (Å²) in [5.41, 5.74) is 0. The van der Waals surface area contributed by atoms with Crippen molar-refractivity contribution < 1.29 is 4.39 Å². The largest absolute Gasteiger partial charge is 0.307 e. The van der Waals surface area contributed by atoms with Gasteiger partial charge >= 0.3 is 0 Å². The van der Waals surface area contributed by atoms with Crippen molar-refractivity contribution >= 4 is 0 Å². The van der Waals surface area contributed by atoms with Gasteiger partial charge in [0.15, 0.2) is 0 Å². The molecule has 0 aromatic heterocycles. The van der Waals surface area contributed by atoms with Crippen LogP contribution in [0, 0.1) is 0 Å². The fourth-order valence-corrected chi connectivity index (χ4v) is 0.954. The number of likely N-dealkylation sites (N-methyl/N-ethyl adjacent to an activating group) is 1. The minimum atomic E-state index is -0.193. The van der Waals surface area contributed by atoms with Crippen molar-refractivity contribution in [1.82, 2.24) is 5.32 Å². The minimum absolute atomic E-state index is 0.171. The van der Waals surface area contributed by atoms with Gasteiger partial charge < -0.3 is 5.32 Å². The lowest BCUT2D eigenvalue weighted by Crippen LogP contribution is -2.24. The van der Waals surface area contributed by atoms with Gasteiger partial charge in [0.05, 0.1) is 0 Å². The van der Waals surface area contributed by atoms with E-state index in [2.05, 4.69) is 5.32 Å². The number of halogens is 1. The Hall–Kier alpha value is -0.890. The standard InChI is InChI=1S/C9H12FN/c1-2-11-9-5-3-4-8(10)6-7-9/h3-7,9,11H,2H2,1H3. The van der Waals surface area contributed by atoms with Crippen molar-refractivity contribution in [2.24, 2.45) is 0 Å². The molecule has 1 nitrogen and oxygen atoms in total. The number of hydrogen-bond donors (Lipinski definition) is 1. The van der Waals surface area contributed by atoms with E-state index in [1.807, 2.05) is 13.0 Å². The van der Waals surface area contributed by atoms with Crippen molar-refractivity contribution in [1.29, 1.82) is 0 Å². The van der Waals surface area contributed by atoms with Crippen molar-refractivity contribution in [2.45, 2.75) is 13.0 Å². The van der Waals surface area contributed by atoms with Crippen molar-refractivity contribution in [3.05, 3.63) is 36.2 Å². The Morgan fingerprint density at radius 1 is 1.55 bits per heavy atom. The van der Waals surface area contributed by atoms with Gasteiger partial charge in [-0.1, -0.05) is 25.2 Å². The van der Waals surface area contributed by atoms with E-state index in [9.17, 15) is 4.39 Å². The molecular weight excluding hydrogens is 141 g/mol. The van der Waals surface area contributed by atoms with Gasteiger partial charge in [-0.05, 0) is 18.7 Å². The summed E-state index contributed by atoms with van der Waals surface area (Å²) in [6, 6.07) is 0.171. The number of rotatable bonds is 2. The van der Waals surface area contributed by atoms with E-state index in [4.69, 9.17) is 0 Å². The zero-order chi connectivity index (χ0) is 8.10. The van der Waals surface area contributed by atoms with Crippen LogP contribution >= 0.6 is 0 Å². The number of hydrogen-bond acceptors (Lipinski definition) is 1. The van der Waals surface area contributed by atoms with Crippen LogP contribution in [0.15, 0.2) is 36.2 Å². The average Bonchev–Trinajstić information content (AvgIpc) is 2.17. The molecule has 0 aromatic carbocycles.